The normalized spacial score (nSPS) is 16.5. The van der Waals surface area contributed by atoms with Crippen LogP contribution in [0.15, 0.2) is 159 Å². The van der Waals surface area contributed by atoms with Crippen molar-refractivity contribution in [3.05, 3.63) is 192 Å². The molecule has 0 spiro atoms. The number of primary amides is 1. The average Bonchev–Trinajstić information content (AvgIpc) is 1.66. The number of H-pyrrole nitrogens is 4. The first-order chi connectivity index (χ1) is 57.3. The number of aromatic amines is 4. The molecule has 22 N–H and O–H groups in total. The van der Waals surface area contributed by atoms with Crippen LogP contribution in [0.25, 0.3) is 32.7 Å². The van der Waals surface area contributed by atoms with Gasteiger partial charge in [0.15, 0.2) is 0 Å². The van der Waals surface area contributed by atoms with Crippen molar-refractivity contribution in [3.63, 3.8) is 0 Å². The Hall–Kier alpha value is -13.3. The van der Waals surface area contributed by atoms with Crippen molar-refractivity contribution in [2.24, 2.45) is 17.2 Å². The lowest BCUT2D eigenvalue weighted by Gasteiger charge is -2.31. The van der Waals surface area contributed by atoms with E-state index in [4.69, 9.17) is 17.2 Å². The van der Waals surface area contributed by atoms with E-state index in [-0.39, 0.29) is 89.6 Å². The molecule has 0 radical (unpaired) electrons. The van der Waals surface area contributed by atoms with Crippen molar-refractivity contribution in [1.29, 1.82) is 0 Å². The van der Waals surface area contributed by atoms with Gasteiger partial charge in [0.25, 0.3) is 0 Å². The maximum atomic E-state index is 15.3. The van der Waals surface area contributed by atoms with E-state index < -0.39 is 169 Å². The molecule has 35 nitrogen and oxygen atoms in total. The summed E-state index contributed by atoms with van der Waals surface area (Å²) in [5.41, 5.74) is 23.6. The fourth-order valence-electron chi connectivity index (χ4n) is 15.2. The minimum Gasteiger partial charge on any atom is -0.508 e. The van der Waals surface area contributed by atoms with Gasteiger partial charge in [0, 0.05) is 115 Å². The molecule has 0 unspecified atom stereocenters. The van der Waals surface area contributed by atoms with E-state index in [2.05, 4.69) is 72.8 Å². The molecule has 119 heavy (non-hydrogen) atoms. The molecule has 0 aliphatic carbocycles. The van der Waals surface area contributed by atoms with Gasteiger partial charge < -0.3 is 110 Å². The lowest BCUT2D eigenvalue weighted by atomic mass is 10.0. The molecule has 628 valence electrons. The summed E-state index contributed by atoms with van der Waals surface area (Å²) < 4.78 is 0. The van der Waals surface area contributed by atoms with Crippen LogP contribution in [-0.4, -0.2) is 226 Å². The summed E-state index contributed by atoms with van der Waals surface area (Å²) in [7, 11) is 0. The lowest BCUT2D eigenvalue weighted by Crippen LogP contribution is -2.61. The third-order valence-electron chi connectivity index (χ3n) is 21.5. The predicted molar refractivity (Wildman–Crippen MR) is 437 cm³/mol. The average molecular weight is 1630 g/mol. The molecule has 2 aliphatic rings. The summed E-state index contributed by atoms with van der Waals surface area (Å²) in [4.78, 5) is 205. The summed E-state index contributed by atoms with van der Waals surface area (Å²) in [5.74, 6) is -11.6. The van der Waals surface area contributed by atoms with Crippen LogP contribution in [0.2, 0.25) is 0 Å². The van der Waals surface area contributed by atoms with Crippen molar-refractivity contribution >= 4 is 110 Å². The number of imidazole rings is 1. The maximum Gasteiger partial charge on any atom is 0.326 e. The Bertz CT molecular complexity index is 5090. The highest BCUT2D eigenvalue weighted by molar-refractivity contribution is 6.01. The van der Waals surface area contributed by atoms with E-state index in [0.717, 1.165) is 27.4 Å². The van der Waals surface area contributed by atoms with Crippen LogP contribution >= 0.6 is 0 Å². The van der Waals surface area contributed by atoms with Gasteiger partial charge in [0.05, 0.1) is 19.0 Å². The fourth-order valence-corrected chi connectivity index (χ4v) is 15.2. The number of amides is 12. The zero-order valence-corrected chi connectivity index (χ0v) is 65.6. The maximum absolute atomic E-state index is 15.3. The van der Waals surface area contributed by atoms with Crippen molar-refractivity contribution in [3.8, 4) is 5.75 Å². The number of nitrogens with two attached hydrogens (primary N) is 3. The molecule has 5 aromatic carbocycles. The van der Waals surface area contributed by atoms with Crippen LogP contribution in [0.5, 0.6) is 5.75 Å². The highest BCUT2D eigenvalue weighted by atomic mass is 16.4. The molecule has 11 rings (SSSR count). The van der Waals surface area contributed by atoms with E-state index in [0.29, 0.717) is 58.1 Å². The molecule has 35 heteroatoms. The lowest BCUT2D eigenvalue weighted by molar-refractivity contribution is -0.144. The van der Waals surface area contributed by atoms with Crippen molar-refractivity contribution in [2.45, 2.75) is 176 Å². The first kappa shape index (κ1) is 86.6. The third kappa shape index (κ3) is 22.9. The fraction of sp³-hybridized carbons (Fsp3) is 0.381. The summed E-state index contributed by atoms with van der Waals surface area (Å²) in [5, 5.41) is 57.5. The van der Waals surface area contributed by atoms with Gasteiger partial charge in [-0.3, -0.25) is 57.5 Å². The summed E-state index contributed by atoms with van der Waals surface area (Å²) in [6, 6.07) is 19.1. The number of aromatic nitrogens is 5. The number of carbonyl (C=O) groups excluding carboxylic acids is 12. The monoisotopic (exact) mass is 1630 g/mol. The number of rotatable bonds is 41. The second kappa shape index (κ2) is 41.0. The Balaban J connectivity index is 0.780. The van der Waals surface area contributed by atoms with E-state index in [9.17, 15) is 58.5 Å². The number of unbranched alkanes of at least 4 members (excludes halogenated alkanes) is 1. The number of hydrogen-bond donors (Lipinski definition) is 19. The number of benzene rings is 5. The minimum absolute atomic E-state index is 0.0280. The van der Waals surface area contributed by atoms with E-state index in [1.165, 1.54) is 53.5 Å². The molecule has 12 amide bonds. The Kier molecular flexibility index (Phi) is 29.8. The number of aliphatic carboxylic acids is 1. The number of hydrogen-bond acceptors (Lipinski definition) is 18. The van der Waals surface area contributed by atoms with Gasteiger partial charge >= 0.3 is 5.97 Å². The number of fused-ring (bicyclic) bond motifs is 3. The smallest absolute Gasteiger partial charge is 0.326 e. The summed E-state index contributed by atoms with van der Waals surface area (Å²) in [6.45, 7) is 0.727. The van der Waals surface area contributed by atoms with Crippen molar-refractivity contribution in [1.82, 2.24) is 82.6 Å². The van der Waals surface area contributed by atoms with E-state index in [1.807, 2.05) is 24.3 Å². The zero-order chi connectivity index (χ0) is 84.8. The summed E-state index contributed by atoms with van der Waals surface area (Å²) >= 11 is 0. The Morgan fingerprint density at radius 1 is 0.471 bits per heavy atom. The number of aliphatic hydroxyl groups excluding tert-OH is 1. The number of aliphatic hydroxyl groups is 1. The molecule has 6 heterocycles. The van der Waals surface area contributed by atoms with Crippen LogP contribution in [0.1, 0.15) is 98.2 Å². The van der Waals surface area contributed by atoms with Crippen molar-refractivity contribution in [2.75, 3.05) is 26.2 Å². The Morgan fingerprint density at radius 3 is 1.44 bits per heavy atom. The first-order valence-electron chi connectivity index (χ1n) is 39.7. The topological polar surface area (TPSA) is 551 Å². The van der Waals surface area contributed by atoms with Gasteiger partial charge in [0.2, 0.25) is 70.9 Å². The SMILES string of the molecule is C[C@H](NC(=O)[C@H](CCCCN)NC(=O)[C@H](Cc1cnc[nH]1)NC(=O)[C@@H](N)Cc1c[nH]c2ccccc12)C(=O)N1CCC[C@H]1C(=O)N[C@@H](Cc1ccc(O)cc1)C(=O)N[C@@H](Cc1ccccc1)C(=O)N[C@@H](CCC(N)=O)C(=O)N[C@@H](Cc1c[nH]c2ccccc12)C(=O)N1CCC[C@H]1C(=O)N[C@@H](CO)C(=O)N[C@@H](Cc1c[nH]c2ccccc12)C(=O)O. The third-order valence-corrected chi connectivity index (χ3v) is 21.5. The first-order valence-corrected chi connectivity index (χ1v) is 39.7. The molecule has 4 aromatic heterocycles. The zero-order valence-electron chi connectivity index (χ0n) is 65.6. The number of likely N-dealkylation sites (tertiary alicyclic amines) is 2. The minimum atomic E-state index is -1.68. The van der Waals surface area contributed by atoms with E-state index in [1.54, 1.807) is 97.5 Å². The van der Waals surface area contributed by atoms with Gasteiger partial charge in [0.1, 0.15) is 72.2 Å². The van der Waals surface area contributed by atoms with Gasteiger partial charge in [-0.25, -0.2) is 9.78 Å². The van der Waals surface area contributed by atoms with Crippen LogP contribution in [0, 0.1) is 0 Å². The van der Waals surface area contributed by atoms with Gasteiger partial charge in [-0.15, -0.1) is 0 Å². The number of carboxylic acids is 1. The van der Waals surface area contributed by atoms with E-state index >= 15 is 19.2 Å². The molecular formula is C84H101N19O16. The number of nitrogens with one attached hydrogen (secondary N) is 13. The van der Waals surface area contributed by atoms with Gasteiger partial charge in [-0.2, -0.15) is 0 Å². The standard InChI is InChI=1S/C84H101N19O16/c1-47(93-74(108)62(23-11-12-32-85)94-78(112)66(40-53-44-88-46-92-53)96-73(107)58(86)37-50-41-89-59-20-8-5-17-55(50)59)82(116)102-33-13-24-70(102)80(114)98-65(36-49-26-28-54(105)29-27-49)77(111)97-64(35-48-15-3-2-4-16-48)76(110)95-63(30-31-72(87)106)75(109)99-67(38-51-42-90-60-21-9-6-18-56(51)60)83(117)103-34-14-25-71(103)81(115)101-69(45-104)79(113)100-68(84(118)119)39-52-43-91-61-22-10-7-19-57(52)61/h2-10,15-22,26-29,41-44,46-47,58,62-71,89-91,104-105H,11-14,23-25,30-40,45,85-86H2,1H3,(H2,87,106)(H,88,92)(H,93,108)(H,94,112)(H,95,110)(H,96,107)(H,97,111)(H,98,114)(H,99,109)(H,100,113)(H,101,115)(H,118,119)/t47-,58-,62-,63-,64-,65-,66-,67-,68-,69-,70-,71-/m0/s1. The number of carbonyl (C=O) groups is 13. The highest BCUT2D eigenvalue weighted by Crippen LogP contribution is 2.27. The number of carboxylic acid groups (broad SMARTS) is 1. The van der Waals surface area contributed by atoms with Gasteiger partial charge in [-0.1, -0.05) is 97.1 Å². The molecule has 0 saturated carbocycles. The molecule has 2 fully saturated rings. The highest BCUT2D eigenvalue weighted by Gasteiger charge is 2.43. The molecular weight excluding hydrogens is 1530 g/mol. The Morgan fingerprint density at radius 2 is 0.908 bits per heavy atom. The number of para-hydroxylation sites is 3. The Labute approximate surface area is 683 Å². The van der Waals surface area contributed by atoms with Crippen LogP contribution in [0.4, 0.5) is 0 Å². The summed E-state index contributed by atoms with van der Waals surface area (Å²) in [6.07, 6.45) is 7.82. The van der Waals surface area contributed by atoms with Crippen LogP contribution in [-0.2, 0) is 101 Å². The largest absolute Gasteiger partial charge is 0.508 e. The quantitative estimate of drug-likeness (QED) is 0.0232. The van der Waals surface area contributed by atoms with Crippen LogP contribution in [0.3, 0.4) is 0 Å². The number of aromatic hydroxyl groups is 1. The predicted octanol–water partition coefficient (Wildman–Crippen LogP) is 0.479. The molecule has 2 aliphatic heterocycles. The second-order valence-electron chi connectivity index (χ2n) is 30.0. The second-order valence-corrected chi connectivity index (χ2v) is 30.0. The molecule has 9 aromatic rings. The number of phenolic OH excluding ortho intramolecular Hbond substituents is 1. The molecule has 12 atom stereocenters. The number of phenols is 1. The molecule has 2 saturated heterocycles. The van der Waals surface area contributed by atoms with Crippen LogP contribution < -0.4 is 65.1 Å². The van der Waals surface area contributed by atoms with Crippen molar-refractivity contribution < 1.29 is 77.6 Å². The number of nitrogens with zero attached hydrogens (tertiary/aromatic N) is 3. The van der Waals surface area contributed by atoms with Gasteiger partial charge in [-0.05, 0) is 129 Å². The molecule has 0 bridgehead atoms.